The topological polar surface area (TPSA) is 19.4 Å². The molecule has 0 aliphatic carbocycles. The summed E-state index contributed by atoms with van der Waals surface area (Å²) in [6.45, 7) is 5.99. The molecule has 3 heteroatoms. The van der Waals surface area contributed by atoms with E-state index >= 15 is 0 Å². The van der Waals surface area contributed by atoms with Gasteiger partial charge >= 0.3 is 0 Å². The van der Waals surface area contributed by atoms with Crippen LogP contribution in [0.15, 0.2) is 31.0 Å². The molecule has 2 rings (SSSR count). The van der Waals surface area contributed by atoms with Gasteiger partial charge in [0.05, 0.1) is 0 Å². The number of rotatable bonds is 3. The molecule has 0 radical (unpaired) electrons. The maximum atomic E-state index is 4.44. The highest BCUT2D eigenvalue weighted by Gasteiger charge is 2.21. The molecule has 0 saturated carbocycles. The first-order chi connectivity index (χ1) is 7.70. The van der Waals surface area contributed by atoms with E-state index in [0.717, 1.165) is 18.9 Å². The molecule has 3 nitrogen and oxygen atoms in total. The number of hydrogen-bond acceptors (Lipinski definition) is 3. The molecule has 0 bridgehead atoms. The molecule has 0 N–H and O–H groups in total. The van der Waals surface area contributed by atoms with E-state index in [1.165, 1.54) is 12.1 Å². The van der Waals surface area contributed by atoms with Gasteiger partial charge in [0.1, 0.15) is 5.82 Å². The third kappa shape index (κ3) is 2.18. The molecule has 1 unspecified atom stereocenters. The Kier molecular flexibility index (Phi) is 3.13. The standard InChI is InChI=1S/C13H19N3/c1-4-11-6-8-16(10-11)13-9-12(15(2)3)5-7-14-13/h4-5,7,9,11H,1,6,8,10H2,2-3H3. The van der Waals surface area contributed by atoms with E-state index < -0.39 is 0 Å². The molecule has 1 aliphatic heterocycles. The zero-order valence-corrected chi connectivity index (χ0v) is 10.1. The maximum absolute atomic E-state index is 4.44. The first-order valence-corrected chi connectivity index (χ1v) is 5.71. The van der Waals surface area contributed by atoms with Gasteiger partial charge in [-0.15, -0.1) is 6.58 Å². The fraction of sp³-hybridized carbons (Fsp3) is 0.462. The van der Waals surface area contributed by atoms with Crippen LogP contribution in [0.4, 0.5) is 11.5 Å². The molecule has 1 aromatic rings. The molecule has 1 fully saturated rings. The number of hydrogen-bond donors (Lipinski definition) is 0. The average molecular weight is 217 g/mol. The zero-order valence-electron chi connectivity index (χ0n) is 10.1. The Morgan fingerprint density at radius 3 is 3.00 bits per heavy atom. The van der Waals surface area contributed by atoms with Gasteiger partial charge in [-0.3, -0.25) is 0 Å². The third-order valence-corrected chi connectivity index (χ3v) is 3.13. The van der Waals surface area contributed by atoms with Crippen molar-refractivity contribution in [2.45, 2.75) is 6.42 Å². The lowest BCUT2D eigenvalue weighted by molar-refractivity contribution is 0.740. The number of aromatic nitrogens is 1. The van der Waals surface area contributed by atoms with E-state index in [1.807, 2.05) is 12.3 Å². The summed E-state index contributed by atoms with van der Waals surface area (Å²) in [5.74, 6) is 1.69. The van der Waals surface area contributed by atoms with E-state index in [1.54, 1.807) is 0 Å². The van der Waals surface area contributed by atoms with E-state index in [2.05, 4.69) is 47.6 Å². The van der Waals surface area contributed by atoms with Crippen LogP contribution in [0.2, 0.25) is 0 Å². The van der Waals surface area contributed by atoms with Crippen molar-refractivity contribution < 1.29 is 0 Å². The fourth-order valence-corrected chi connectivity index (χ4v) is 2.05. The highest BCUT2D eigenvalue weighted by molar-refractivity contribution is 5.54. The molecule has 0 spiro atoms. The summed E-state index contributed by atoms with van der Waals surface area (Å²) in [5.41, 5.74) is 1.20. The molecule has 1 saturated heterocycles. The normalized spacial score (nSPS) is 19.9. The van der Waals surface area contributed by atoms with Crippen LogP contribution in [-0.4, -0.2) is 32.2 Å². The van der Waals surface area contributed by atoms with Crippen LogP contribution in [0.5, 0.6) is 0 Å². The minimum atomic E-state index is 0.616. The van der Waals surface area contributed by atoms with E-state index in [-0.39, 0.29) is 0 Å². The summed E-state index contributed by atoms with van der Waals surface area (Å²) >= 11 is 0. The summed E-state index contributed by atoms with van der Waals surface area (Å²) in [6, 6.07) is 4.18. The molecule has 1 atom stereocenters. The fourth-order valence-electron chi connectivity index (χ4n) is 2.05. The van der Waals surface area contributed by atoms with Crippen molar-refractivity contribution in [3.05, 3.63) is 31.0 Å². The summed E-state index contributed by atoms with van der Waals surface area (Å²) in [6.07, 6.45) is 5.12. The lowest BCUT2D eigenvalue weighted by Gasteiger charge is -2.19. The van der Waals surface area contributed by atoms with Crippen molar-refractivity contribution >= 4 is 11.5 Å². The Balaban J connectivity index is 2.15. The summed E-state index contributed by atoms with van der Waals surface area (Å²) in [5, 5.41) is 0. The van der Waals surface area contributed by atoms with Crippen LogP contribution < -0.4 is 9.80 Å². The lowest BCUT2D eigenvalue weighted by Crippen LogP contribution is -2.21. The monoisotopic (exact) mass is 217 g/mol. The van der Waals surface area contributed by atoms with Crippen molar-refractivity contribution in [3.63, 3.8) is 0 Å². The van der Waals surface area contributed by atoms with Gasteiger partial charge in [-0.2, -0.15) is 0 Å². The first-order valence-electron chi connectivity index (χ1n) is 5.71. The van der Waals surface area contributed by atoms with Crippen molar-refractivity contribution in [2.24, 2.45) is 5.92 Å². The Morgan fingerprint density at radius 2 is 2.38 bits per heavy atom. The summed E-state index contributed by atoms with van der Waals surface area (Å²) in [4.78, 5) is 8.87. The van der Waals surface area contributed by atoms with E-state index in [0.29, 0.717) is 5.92 Å². The predicted molar refractivity (Wildman–Crippen MR) is 69.1 cm³/mol. The van der Waals surface area contributed by atoms with Gasteiger partial charge in [-0.1, -0.05) is 6.08 Å². The number of nitrogens with zero attached hydrogens (tertiary/aromatic N) is 3. The van der Waals surface area contributed by atoms with Crippen molar-refractivity contribution in [2.75, 3.05) is 37.0 Å². The SMILES string of the molecule is C=CC1CCN(c2cc(N(C)C)ccn2)C1. The molecule has 0 aromatic carbocycles. The van der Waals surface area contributed by atoms with Gasteiger partial charge in [-0.05, 0) is 18.4 Å². The van der Waals surface area contributed by atoms with Gasteiger partial charge in [0.25, 0.3) is 0 Å². The van der Waals surface area contributed by atoms with Gasteiger partial charge < -0.3 is 9.80 Å². The molecule has 1 aliphatic rings. The quantitative estimate of drug-likeness (QED) is 0.723. The second-order valence-electron chi connectivity index (χ2n) is 4.50. The molecule has 86 valence electrons. The summed E-state index contributed by atoms with van der Waals surface area (Å²) < 4.78 is 0. The first kappa shape index (κ1) is 11.0. The Bertz CT molecular complexity index is 373. The average Bonchev–Trinajstić information content (AvgIpc) is 2.77. The van der Waals surface area contributed by atoms with Crippen LogP contribution in [-0.2, 0) is 0 Å². The van der Waals surface area contributed by atoms with Crippen LogP contribution in [0, 0.1) is 5.92 Å². The van der Waals surface area contributed by atoms with Crippen LogP contribution >= 0.6 is 0 Å². The van der Waals surface area contributed by atoms with Crippen molar-refractivity contribution in [1.29, 1.82) is 0 Å². The largest absolute Gasteiger partial charge is 0.378 e. The Hall–Kier alpha value is -1.51. The van der Waals surface area contributed by atoms with E-state index in [4.69, 9.17) is 0 Å². The number of anilines is 2. The van der Waals surface area contributed by atoms with Gasteiger partial charge in [0.2, 0.25) is 0 Å². The second-order valence-corrected chi connectivity index (χ2v) is 4.50. The van der Waals surface area contributed by atoms with Crippen LogP contribution in [0.1, 0.15) is 6.42 Å². The molecular weight excluding hydrogens is 198 g/mol. The van der Waals surface area contributed by atoms with Gasteiger partial charge in [-0.25, -0.2) is 4.98 Å². The maximum Gasteiger partial charge on any atom is 0.130 e. The smallest absolute Gasteiger partial charge is 0.130 e. The Labute approximate surface area is 97.4 Å². The molecule has 16 heavy (non-hydrogen) atoms. The lowest BCUT2D eigenvalue weighted by atomic mass is 10.1. The van der Waals surface area contributed by atoms with E-state index in [9.17, 15) is 0 Å². The molecule has 2 heterocycles. The molecular formula is C13H19N3. The second kappa shape index (κ2) is 4.56. The third-order valence-electron chi connectivity index (χ3n) is 3.13. The van der Waals surface area contributed by atoms with Crippen molar-refractivity contribution in [1.82, 2.24) is 4.98 Å². The highest BCUT2D eigenvalue weighted by Crippen LogP contribution is 2.25. The van der Waals surface area contributed by atoms with Crippen LogP contribution in [0.25, 0.3) is 0 Å². The highest BCUT2D eigenvalue weighted by atomic mass is 15.2. The van der Waals surface area contributed by atoms with Crippen molar-refractivity contribution in [3.8, 4) is 0 Å². The minimum absolute atomic E-state index is 0.616. The molecule has 0 amide bonds. The minimum Gasteiger partial charge on any atom is -0.378 e. The van der Waals surface area contributed by atoms with Gasteiger partial charge in [0, 0.05) is 45.1 Å². The number of pyridine rings is 1. The predicted octanol–water partition coefficient (Wildman–Crippen LogP) is 2.16. The zero-order chi connectivity index (χ0) is 11.5. The van der Waals surface area contributed by atoms with Crippen LogP contribution in [0.3, 0.4) is 0 Å². The summed E-state index contributed by atoms with van der Waals surface area (Å²) in [7, 11) is 4.10. The van der Waals surface area contributed by atoms with Gasteiger partial charge in [0.15, 0.2) is 0 Å². The Morgan fingerprint density at radius 1 is 1.56 bits per heavy atom. The molecule has 1 aromatic heterocycles.